The predicted molar refractivity (Wildman–Crippen MR) is 61.4 cm³/mol. The normalized spacial score (nSPS) is 9.69. The highest BCUT2D eigenvalue weighted by Crippen LogP contribution is 2.24. The largest absolute Gasteiger partial charge is 0.495 e. The number of hydrogen-bond donors (Lipinski definition) is 1. The Kier molecular flexibility index (Phi) is 4.31. The van der Waals surface area contributed by atoms with Crippen LogP contribution in [0.1, 0.15) is 20.7 Å². The van der Waals surface area contributed by atoms with Crippen LogP contribution < -0.4 is 10.1 Å². The molecule has 0 aliphatic rings. The summed E-state index contributed by atoms with van der Waals surface area (Å²) in [6.45, 7) is 0. The zero-order valence-electron chi connectivity index (χ0n) is 9.04. The molecule has 0 saturated carbocycles. The van der Waals surface area contributed by atoms with Gasteiger partial charge in [-0.2, -0.15) is 0 Å². The monoisotopic (exact) mass is 241 g/mol. The summed E-state index contributed by atoms with van der Waals surface area (Å²) in [6.07, 6.45) is 0. The van der Waals surface area contributed by atoms with E-state index in [1.807, 2.05) is 0 Å². The summed E-state index contributed by atoms with van der Waals surface area (Å²) < 4.78 is 5.08. The Morgan fingerprint density at radius 2 is 2.00 bits per heavy atom. The van der Waals surface area contributed by atoms with Gasteiger partial charge < -0.3 is 10.1 Å². The van der Waals surface area contributed by atoms with Crippen molar-refractivity contribution in [3.05, 3.63) is 29.3 Å². The fourth-order valence-corrected chi connectivity index (χ4v) is 1.51. The molecule has 0 aliphatic carbocycles. The highest BCUT2D eigenvalue weighted by atomic mass is 35.5. The third-order valence-corrected chi connectivity index (χ3v) is 2.36. The number of para-hydroxylation sites is 1. The van der Waals surface area contributed by atoms with Crippen molar-refractivity contribution in [3.8, 4) is 5.75 Å². The van der Waals surface area contributed by atoms with Gasteiger partial charge in [0, 0.05) is 7.05 Å². The van der Waals surface area contributed by atoms with Crippen molar-refractivity contribution >= 4 is 23.3 Å². The van der Waals surface area contributed by atoms with E-state index in [9.17, 15) is 9.59 Å². The van der Waals surface area contributed by atoms with Crippen LogP contribution in [-0.2, 0) is 0 Å². The molecular weight excluding hydrogens is 230 g/mol. The second kappa shape index (κ2) is 5.51. The van der Waals surface area contributed by atoms with Crippen LogP contribution in [0.25, 0.3) is 0 Å². The first-order valence-corrected chi connectivity index (χ1v) is 5.17. The number of rotatable bonds is 4. The van der Waals surface area contributed by atoms with Gasteiger partial charge in [-0.1, -0.05) is 6.07 Å². The average molecular weight is 242 g/mol. The van der Waals surface area contributed by atoms with Crippen molar-refractivity contribution in [2.75, 3.05) is 20.0 Å². The molecule has 1 N–H and O–H groups in total. The number of benzene rings is 1. The zero-order chi connectivity index (χ0) is 12.1. The van der Waals surface area contributed by atoms with E-state index in [-0.39, 0.29) is 23.3 Å². The van der Waals surface area contributed by atoms with E-state index in [0.29, 0.717) is 11.1 Å². The van der Waals surface area contributed by atoms with Crippen LogP contribution in [-0.4, -0.2) is 31.7 Å². The van der Waals surface area contributed by atoms with Gasteiger partial charge >= 0.3 is 0 Å². The lowest BCUT2D eigenvalue weighted by atomic mass is 10.1. The average Bonchev–Trinajstić information content (AvgIpc) is 2.35. The SMILES string of the molecule is CNC(=O)c1cccc(C(=O)CCl)c1OC. The first-order chi connectivity index (χ1) is 7.65. The van der Waals surface area contributed by atoms with Gasteiger partial charge in [0.05, 0.1) is 24.1 Å². The molecule has 0 saturated heterocycles. The quantitative estimate of drug-likeness (QED) is 0.642. The highest BCUT2D eigenvalue weighted by Gasteiger charge is 2.18. The zero-order valence-corrected chi connectivity index (χ0v) is 9.80. The van der Waals surface area contributed by atoms with Gasteiger partial charge in [-0.15, -0.1) is 11.6 Å². The second-order valence-corrected chi connectivity index (χ2v) is 3.29. The van der Waals surface area contributed by atoms with Crippen LogP contribution in [0.4, 0.5) is 0 Å². The minimum absolute atomic E-state index is 0.145. The molecule has 0 unspecified atom stereocenters. The summed E-state index contributed by atoms with van der Waals surface area (Å²) in [5, 5.41) is 2.48. The number of carbonyl (C=O) groups is 2. The maximum atomic E-state index is 11.5. The van der Waals surface area contributed by atoms with Crippen LogP contribution in [0, 0.1) is 0 Å². The van der Waals surface area contributed by atoms with E-state index < -0.39 is 0 Å². The standard InChI is InChI=1S/C11H12ClNO3/c1-13-11(15)8-5-3-4-7(9(14)6-12)10(8)16-2/h3-5H,6H2,1-2H3,(H,13,15). The lowest BCUT2D eigenvalue weighted by molar-refractivity contribution is 0.0960. The third-order valence-electron chi connectivity index (χ3n) is 2.11. The summed E-state index contributed by atoms with van der Waals surface area (Å²) in [7, 11) is 2.92. The molecule has 0 aliphatic heterocycles. The Morgan fingerprint density at radius 3 is 2.50 bits per heavy atom. The minimum Gasteiger partial charge on any atom is -0.495 e. The van der Waals surface area contributed by atoms with Crippen LogP contribution in [0.2, 0.25) is 0 Å². The number of amides is 1. The van der Waals surface area contributed by atoms with Gasteiger partial charge in [0.25, 0.3) is 5.91 Å². The molecule has 0 atom stereocenters. The molecule has 0 heterocycles. The number of ether oxygens (including phenoxy) is 1. The first-order valence-electron chi connectivity index (χ1n) is 4.64. The van der Waals surface area contributed by atoms with Gasteiger partial charge in [-0.05, 0) is 12.1 Å². The lowest BCUT2D eigenvalue weighted by Gasteiger charge is -2.10. The number of methoxy groups -OCH3 is 1. The molecule has 1 aromatic rings. The van der Waals surface area contributed by atoms with Crippen LogP contribution >= 0.6 is 11.6 Å². The van der Waals surface area contributed by atoms with Crippen molar-refractivity contribution in [1.82, 2.24) is 5.32 Å². The molecule has 1 aromatic carbocycles. The number of alkyl halides is 1. The molecule has 1 amide bonds. The Hall–Kier alpha value is -1.55. The molecule has 0 radical (unpaired) electrons. The summed E-state index contributed by atoms with van der Waals surface area (Å²) in [4.78, 5) is 23.0. The molecule has 86 valence electrons. The van der Waals surface area contributed by atoms with Gasteiger partial charge in [0.15, 0.2) is 5.78 Å². The molecule has 1 rings (SSSR count). The lowest BCUT2D eigenvalue weighted by Crippen LogP contribution is -2.19. The predicted octanol–water partition coefficient (Wildman–Crippen LogP) is 1.48. The maximum Gasteiger partial charge on any atom is 0.254 e. The molecule has 0 aromatic heterocycles. The number of hydrogen-bond acceptors (Lipinski definition) is 3. The number of nitrogens with one attached hydrogen (secondary N) is 1. The number of Topliss-reactive ketones (excluding diaryl/α,β-unsaturated/α-hetero) is 1. The van der Waals surface area contributed by atoms with Crippen LogP contribution in [0.15, 0.2) is 18.2 Å². The molecule has 0 bridgehead atoms. The van der Waals surface area contributed by atoms with E-state index in [4.69, 9.17) is 16.3 Å². The van der Waals surface area contributed by atoms with Crippen LogP contribution in [0.5, 0.6) is 5.75 Å². The summed E-state index contributed by atoms with van der Waals surface area (Å²) in [6, 6.07) is 4.78. The fraction of sp³-hybridized carbons (Fsp3) is 0.273. The van der Waals surface area contributed by atoms with Crippen molar-refractivity contribution in [3.63, 3.8) is 0 Å². The first kappa shape index (κ1) is 12.5. The van der Waals surface area contributed by atoms with Gasteiger partial charge in [0.1, 0.15) is 5.75 Å². The van der Waals surface area contributed by atoms with Crippen LogP contribution in [0.3, 0.4) is 0 Å². The van der Waals surface area contributed by atoms with Crippen molar-refractivity contribution in [2.24, 2.45) is 0 Å². The van der Waals surface area contributed by atoms with E-state index in [1.54, 1.807) is 18.2 Å². The maximum absolute atomic E-state index is 11.5. The Morgan fingerprint density at radius 1 is 1.38 bits per heavy atom. The molecule has 0 fully saturated rings. The topological polar surface area (TPSA) is 55.4 Å². The van der Waals surface area contributed by atoms with Gasteiger partial charge in [0.2, 0.25) is 0 Å². The Bertz CT molecular complexity index is 383. The molecule has 16 heavy (non-hydrogen) atoms. The van der Waals surface area contributed by atoms with Gasteiger partial charge in [-0.25, -0.2) is 0 Å². The smallest absolute Gasteiger partial charge is 0.254 e. The summed E-state index contributed by atoms with van der Waals surface area (Å²) >= 11 is 5.48. The van der Waals surface area contributed by atoms with Crippen molar-refractivity contribution < 1.29 is 14.3 Å². The number of halogens is 1. The summed E-state index contributed by atoms with van der Waals surface area (Å²) in [5.74, 6) is -0.467. The molecule has 4 nitrogen and oxygen atoms in total. The number of carbonyl (C=O) groups excluding carboxylic acids is 2. The van der Waals surface area contributed by atoms with E-state index in [0.717, 1.165) is 0 Å². The Balaban J connectivity index is 3.31. The fourth-order valence-electron chi connectivity index (χ4n) is 1.36. The highest BCUT2D eigenvalue weighted by molar-refractivity contribution is 6.31. The molecule has 5 heteroatoms. The second-order valence-electron chi connectivity index (χ2n) is 3.02. The van der Waals surface area contributed by atoms with E-state index in [1.165, 1.54) is 14.2 Å². The third kappa shape index (κ3) is 2.33. The minimum atomic E-state index is -0.305. The van der Waals surface area contributed by atoms with Crippen molar-refractivity contribution in [2.45, 2.75) is 0 Å². The van der Waals surface area contributed by atoms with E-state index >= 15 is 0 Å². The number of ketones is 1. The van der Waals surface area contributed by atoms with Crippen molar-refractivity contribution in [1.29, 1.82) is 0 Å². The van der Waals surface area contributed by atoms with Gasteiger partial charge in [-0.3, -0.25) is 9.59 Å². The Labute approximate surface area is 98.5 Å². The molecular formula is C11H12ClNO3. The van der Waals surface area contributed by atoms with E-state index in [2.05, 4.69) is 5.32 Å². The molecule has 0 spiro atoms. The summed E-state index contributed by atoms with van der Waals surface area (Å²) in [5.41, 5.74) is 0.638.